The Balaban J connectivity index is 0.00000172. The molecule has 0 fully saturated rings. The van der Waals surface area contributed by atoms with Gasteiger partial charge in [0.25, 0.3) is 0 Å². The lowest BCUT2D eigenvalue weighted by Gasteiger charge is -2.20. The molecule has 0 aromatic heterocycles. The molecule has 38 heavy (non-hydrogen) atoms. The maximum atomic E-state index is 14.5. The van der Waals surface area contributed by atoms with Gasteiger partial charge < -0.3 is 4.74 Å². The first-order valence-electron chi connectivity index (χ1n) is 11.7. The smallest absolute Gasteiger partial charge is 0.429 e. The minimum atomic E-state index is -4.73. The molecule has 0 amide bonds. The molecule has 3 aromatic rings. The highest BCUT2D eigenvalue weighted by molar-refractivity contribution is 5.73. The van der Waals surface area contributed by atoms with Crippen LogP contribution in [-0.2, 0) is 6.11 Å². The van der Waals surface area contributed by atoms with Crippen LogP contribution >= 0.6 is 0 Å². The van der Waals surface area contributed by atoms with Crippen molar-refractivity contribution < 1.29 is 39.9 Å². The van der Waals surface area contributed by atoms with Crippen LogP contribution in [0.5, 0.6) is 5.75 Å². The van der Waals surface area contributed by atoms with Crippen molar-refractivity contribution >= 4 is 11.1 Å². The maximum Gasteiger partial charge on any atom is 0.432 e. The SMILES string of the molecule is C/C(=C\C=C(/CF)c1cc(F)c(C(F)(F)Oc2cc(F)c(F)c(F)c2)c(F)c1)c1ccccc1.CC.CC. The average Bonchev–Trinajstić information content (AvgIpc) is 2.89. The van der Waals surface area contributed by atoms with Gasteiger partial charge >= 0.3 is 6.11 Å². The first-order valence-corrected chi connectivity index (χ1v) is 11.7. The third-order valence-electron chi connectivity index (χ3n) is 4.81. The molecule has 0 saturated carbocycles. The summed E-state index contributed by atoms with van der Waals surface area (Å²) in [6.45, 7) is 8.57. The molecule has 0 bridgehead atoms. The Bertz CT molecular complexity index is 1200. The Morgan fingerprint density at radius 2 is 1.24 bits per heavy atom. The second kappa shape index (κ2) is 15.0. The summed E-state index contributed by atoms with van der Waals surface area (Å²) >= 11 is 0. The lowest BCUT2D eigenvalue weighted by molar-refractivity contribution is -0.189. The monoisotopic (exact) mass is 544 g/mol. The zero-order valence-electron chi connectivity index (χ0n) is 21.5. The Morgan fingerprint density at radius 1 is 0.737 bits per heavy atom. The molecule has 0 spiro atoms. The number of benzene rings is 3. The number of halogens is 8. The van der Waals surface area contributed by atoms with E-state index in [-0.39, 0.29) is 23.3 Å². The van der Waals surface area contributed by atoms with Crippen molar-refractivity contribution in [3.05, 3.63) is 113 Å². The zero-order valence-corrected chi connectivity index (χ0v) is 21.5. The van der Waals surface area contributed by atoms with Gasteiger partial charge in [0.1, 0.15) is 29.6 Å². The van der Waals surface area contributed by atoms with Gasteiger partial charge in [0.15, 0.2) is 17.5 Å². The van der Waals surface area contributed by atoms with Crippen LogP contribution in [0.2, 0.25) is 0 Å². The second-order valence-electron chi connectivity index (χ2n) is 7.18. The highest BCUT2D eigenvalue weighted by Gasteiger charge is 2.41. The molecule has 0 heterocycles. The fourth-order valence-corrected chi connectivity index (χ4v) is 3.07. The van der Waals surface area contributed by atoms with Gasteiger partial charge in [-0.1, -0.05) is 70.2 Å². The molecular formula is C29H28F8O. The average molecular weight is 545 g/mol. The van der Waals surface area contributed by atoms with E-state index in [1.807, 2.05) is 27.7 Å². The van der Waals surface area contributed by atoms with Gasteiger partial charge in [0, 0.05) is 12.1 Å². The molecule has 0 unspecified atom stereocenters. The standard InChI is InChI=1S/C25H16F8O.2C2H6/c1-14(15-5-3-2-4-6-15)7-8-16(13-26)17-9-19(27)23(20(28)10-17)25(32,33)34-18-11-21(29)24(31)22(30)12-18;2*1-2/h2-12H,13H2,1H3;2*1-2H3/b14-7+,16-8+;;. The number of allylic oxidation sites excluding steroid dienone is 4. The van der Waals surface area contributed by atoms with Gasteiger partial charge in [-0.2, -0.15) is 8.78 Å². The number of rotatable bonds is 7. The van der Waals surface area contributed by atoms with E-state index in [1.54, 1.807) is 37.3 Å². The van der Waals surface area contributed by atoms with Crippen LogP contribution in [0, 0.1) is 29.1 Å². The fourth-order valence-electron chi connectivity index (χ4n) is 3.07. The zero-order chi connectivity index (χ0) is 29.0. The highest BCUT2D eigenvalue weighted by atomic mass is 19.3. The fraction of sp³-hybridized carbons (Fsp3) is 0.241. The Morgan fingerprint density at radius 3 is 1.71 bits per heavy atom. The summed E-state index contributed by atoms with van der Waals surface area (Å²) < 4.78 is 115. The van der Waals surface area contributed by atoms with Gasteiger partial charge in [-0.05, 0) is 41.3 Å². The van der Waals surface area contributed by atoms with Crippen molar-refractivity contribution in [1.82, 2.24) is 0 Å². The quantitative estimate of drug-likeness (QED) is 0.163. The minimum absolute atomic E-state index is 0.0991. The van der Waals surface area contributed by atoms with E-state index in [2.05, 4.69) is 4.74 Å². The Labute approximate surface area is 217 Å². The summed E-state index contributed by atoms with van der Waals surface area (Å²) in [5.41, 5.74) is -0.867. The summed E-state index contributed by atoms with van der Waals surface area (Å²) in [6, 6.07) is 10.1. The van der Waals surface area contributed by atoms with E-state index >= 15 is 0 Å². The van der Waals surface area contributed by atoms with Gasteiger partial charge in [0.05, 0.1) is 0 Å². The van der Waals surface area contributed by atoms with Gasteiger partial charge in [-0.25, -0.2) is 26.3 Å². The molecule has 9 heteroatoms. The Hall–Kier alpha value is -3.62. The summed E-state index contributed by atoms with van der Waals surface area (Å²) in [4.78, 5) is 0. The number of hydrogen-bond acceptors (Lipinski definition) is 1. The molecule has 3 aromatic carbocycles. The van der Waals surface area contributed by atoms with E-state index in [1.165, 1.54) is 12.2 Å². The summed E-state index contributed by atoms with van der Waals surface area (Å²) in [5.74, 6) is -10.4. The van der Waals surface area contributed by atoms with Crippen molar-refractivity contribution in [1.29, 1.82) is 0 Å². The lowest BCUT2D eigenvalue weighted by atomic mass is 10.0. The van der Waals surface area contributed by atoms with Crippen molar-refractivity contribution in [3.8, 4) is 5.75 Å². The van der Waals surface area contributed by atoms with Crippen molar-refractivity contribution in [2.24, 2.45) is 0 Å². The normalized spacial score (nSPS) is 11.7. The summed E-state index contributed by atoms with van der Waals surface area (Å²) in [5, 5.41) is 0. The van der Waals surface area contributed by atoms with Crippen LogP contribution in [-0.4, -0.2) is 6.67 Å². The van der Waals surface area contributed by atoms with Crippen LogP contribution in [0.25, 0.3) is 11.1 Å². The molecule has 0 radical (unpaired) electrons. The first-order chi connectivity index (χ1) is 18.0. The molecule has 0 aliphatic rings. The first kappa shape index (κ1) is 32.4. The van der Waals surface area contributed by atoms with E-state index in [0.29, 0.717) is 17.7 Å². The number of ether oxygens (including phenoxy) is 1. The van der Waals surface area contributed by atoms with Crippen molar-refractivity contribution in [3.63, 3.8) is 0 Å². The summed E-state index contributed by atoms with van der Waals surface area (Å²) in [7, 11) is 0. The number of alkyl halides is 3. The topological polar surface area (TPSA) is 9.23 Å². The summed E-state index contributed by atoms with van der Waals surface area (Å²) in [6.07, 6.45) is -1.97. The molecule has 0 N–H and O–H groups in total. The molecule has 0 atom stereocenters. The molecular weight excluding hydrogens is 516 g/mol. The second-order valence-corrected chi connectivity index (χ2v) is 7.18. The largest absolute Gasteiger partial charge is 0.432 e. The van der Waals surface area contributed by atoms with Gasteiger partial charge in [-0.3, -0.25) is 0 Å². The predicted molar refractivity (Wildman–Crippen MR) is 134 cm³/mol. The highest BCUT2D eigenvalue weighted by Crippen LogP contribution is 2.37. The predicted octanol–water partition coefficient (Wildman–Crippen LogP) is 10.0. The van der Waals surface area contributed by atoms with E-state index < -0.39 is 53.2 Å². The molecule has 0 aliphatic carbocycles. The third kappa shape index (κ3) is 8.19. The van der Waals surface area contributed by atoms with Crippen LogP contribution in [0.3, 0.4) is 0 Å². The van der Waals surface area contributed by atoms with E-state index in [0.717, 1.165) is 5.56 Å². The van der Waals surface area contributed by atoms with Crippen LogP contribution < -0.4 is 4.74 Å². The third-order valence-corrected chi connectivity index (χ3v) is 4.81. The van der Waals surface area contributed by atoms with Gasteiger partial charge in [-0.15, -0.1) is 0 Å². The Kier molecular flexibility index (Phi) is 12.8. The number of hydrogen-bond donors (Lipinski definition) is 0. The maximum absolute atomic E-state index is 14.5. The van der Waals surface area contributed by atoms with Crippen molar-refractivity contribution in [2.45, 2.75) is 40.7 Å². The van der Waals surface area contributed by atoms with Crippen LogP contribution in [0.4, 0.5) is 35.1 Å². The molecule has 0 aliphatic heterocycles. The van der Waals surface area contributed by atoms with E-state index in [4.69, 9.17) is 0 Å². The van der Waals surface area contributed by atoms with Crippen LogP contribution in [0.15, 0.2) is 66.7 Å². The minimum Gasteiger partial charge on any atom is -0.429 e. The van der Waals surface area contributed by atoms with Crippen molar-refractivity contribution in [2.75, 3.05) is 6.67 Å². The lowest BCUT2D eigenvalue weighted by Crippen LogP contribution is -2.25. The van der Waals surface area contributed by atoms with E-state index in [9.17, 15) is 35.1 Å². The molecule has 0 saturated heterocycles. The van der Waals surface area contributed by atoms with Gasteiger partial charge in [0.2, 0.25) is 0 Å². The molecule has 206 valence electrons. The molecule has 1 nitrogen and oxygen atoms in total. The van der Waals surface area contributed by atoms with Crippen LogP contribution in [0.1, 0.15) is 51.3 Å². The molecule has 3 rings (SSSR count).